The minimum Gasteiger partial charge on any atom is -0.392 e. The molecule has 1 aromatic heterocycles. The average molecular weight is 261 g/mol. The lowest BCUT2D eigenvalue weighted by molar-refractivity contribution is 0.189. The number of β-amino-alcohol motifs (C(OH)–C–C–N with tert-alkyl or cyclic N) is 1. The van der Waals surface area contributed by atoms with Crippen molar-refractivity contribution < 1.29 is 13.5 Å². The van der Waals surface area contributed by atoms with Gasteiger partial charge in [-0.2, -0.15) is 4.31 Å². The molecule has 2 rings (SSSR count). The van der Waals surface area contributed by atoms with Crippen LogP contribution in [0.1, 0.15) is 16.2 Å². The molecular formula is C10H15NO3S2. The molecule has 90 valence electrons. The van der Waals surface area contributed by atoms with Gasteiger partial charge < -0.3 is 5.11 Å². The maximum absolute atomic E-state index is 12.2. The maximum Gasteiger partial charge on any atom is 0.244 e. The summed E-state index contributed by atoms with van der Waals surface area (Å²) in [6.07, 6.45) is 0.0105. The van der Waals surface area contributed by atoms with Crippen molar-refractivity contribution in [1.82, 2.24) is 4.31 Å². The number of sulfonamides is 1. The highest BCUT2D eigenvalue weighted by molar-refractivity contribution is 7.89. The summed E-state index contributed by atoms with van der Waals surface area (Å²) in [5, 5.41) is 9.38. The highest BCUT2D eigenvalue weighted by atomic mass is 32.2. The van der Waals surface area contributed by atoms with Gasteiger partial charge in [0.1, 0.15) is 0 Å². The van der Waals surface area contributed by atoms with Gasteiger partial charge in [-0.15, -0.1) is 11.3 Å². The molecule has 0 radical (unpaired) electrons. The van der Waals surface area contributed by atoms with Gasteiger partial charge in [0.25, 0.3) is 0 Å². The zero-order valence-corrected chi connectivity index (χ0v) is 10.9. The van der Waals surface area contributed by atoms with Crippen molar-refractivity contribution in [2.75, 3.05) is 13.1 Å². The molecule has 1 aliphatic heterocycles. The Balaban J connectivity index is 2.36. The summed E-state index contributed by atoms with van der Waals surface area (Å²) in [6, 6.07) is 1.71. The summed E-state index contributed by atoms with van der Waals surface area (Å²) in [5.74, 6) is 0. The second-order valence-corrected chi connectivity index (χ2v) is 7.45. The number of thiophene rings is 1. The number of aryl methyl sites for hydroxylation is 2. The highest BCUT2D eigenvalue weighted by Crippen LogP contribution is 2.29. The molecule has 1 aliphatic rings. The van der Waals surface area contributed by atoms with E-state index in [9.17, 15) is 13.5 Å². The number of aliphatic hydroxyl groups is 1. The van der Waals surface area contributed by atoms with E-state index in [-0.39, 0.29) is 6.54 Å². The monoisotopic (exact) mass is 261 g/mol. The largest absolute Gasteiger partial charge is 0.392 e. The van der Waals surface area contributed by atoms with Crippen LogP contribution in [-0.2, 0) is 10.0 Å². The Morgan fingerprint density at radius 1 is 1.50 bits per heavy atom. The summed E-state index contributed by atoms with van der Waals surface area (Å²) in [4.78, 5) is 2.21. The van der Waals surface area contributed by atoms with E-state index in [0.717, 1.165) is 9.75 Å². The first-order valence-corrected chi connectivity index (χ1v) is 7.42. The van der Waals surface area contributed by atoms with Crippen LogP contribution in [0.4, 0.5) is 0 Å². The van der Waals surface area contributed by atoms with Gasteiger partial charge >= 0.3 is 0 Å². The van der Waals surface area contributed by atoms with Crippen molar-refractivity contribution in [3.63, 3.8) is 0 Å². The van der Waals surface area contributed by atoms with Crippen molar-refractivity contribution >= 4 is 21.4 Å². The number of aliphatic hydroxyl groups excluding tert-OH is 1. The fraction of sp³-hybridized carbons (Fsp3) is 0.600. The highest BCUT2D eigenvalue weighted by Gasteiger charge is 2.33. The molecule has 0 aliphatic carbocycles. The average Bonchev–Trinajstić information content (AvgIpc) is 2.73. The molecule has 0 spiro atoms. The van der Waals surface area contributed by atoms with Crippen LogP contribution < -0.4 is 0 Å². The molecule has 6 heteroatoms. The van der Waals surface area contributed by atoms with E-state index >= 15 is 0 Å². The predicted octanol–water partition coefficient (Wildman–Crippen LogP) is 1.12. The van der Waals surface area contributed by atoms with E-state index in [1.54, 1.807) is 6.07 Å². The van der Waals surface area contributed by atoms with Crippen LogP contribution in [-0.4, -0.2) is 37.0 Å². The van der Waals surface area contributed by atoms with E-state index in [4.69, 9.17) is 0 Å². The molecule has 4 nitrogen and oxygen atoms in total. The van der Waals surface area contributed by atoms with Crippen LogP contribution in [0.3, 0.4) is 0 Å². The summed E-state index contributed by atoms with van der Waals surface area (Å²) in [7, 11) is -3.40. The predicted molar refractivity (Wildman–Crippen MR) is 63.2 cm³/mol. The van der Waals surface area contributed by atoms with Gasteiger partial charge in [0.05, 0.1) is 11.0 Å². The molecular weight excluding hydrogens is 246 g/mol. The summed E-state index contributed by atoms with van der Waals surface area (Å²) in [6.45, 7) is 4.35. The lowest BCUT2D eigenvalue weighted by Crippen LogP contribution is -2.29. The smallest absolute Gasteiger partial charge is 0.244 e. The molecule has 0 amide bonds. The fourth-order valence-electron chi connectivity index (χ4n) is 1.93. The maximum atomic E-state index is 12.2. The summed E-state index contributed by atoms with van der Waals surface area (Å²) < 4.78 is 25.8. The molecule has 1 atom stereocenters. The summed E-state index contributed by atoms with van der Waals surface area (Å²) >= 11 is 1.49. The van der Waals surface area contributed by atoms with Gasteiger partial charge in [-0.3, -0.25) is 0 Å². The number of rotatable bonds is 2. The van der Waals surface area contributed by atoms with E-state index in [1.807, 2.05) is 13.8 Å². The Hall–Kier alpha value is -0.430. The Labute approximate surface area is 99.6 Å². The fourth-order valence-corrected chi connectivity index (χ4v) is 4.95. The minimum atomic E-state index is -3.40. The number of nitrogens with zero attached hydrogens (tertiary/aromatic N) is 1. The van der Waals surface area contributed by atoms with Crippen molar-refractivity contribution in [2.24, 2.45) is 0 Å². The van der Waals surface area contributed by atoms with Gasteiger partial charge in [0.15, 0.2) is 0 Å². The normalized spacial score (nSPS) is 22.8. The Morgan fingerprint density at radius 3 is 2.62 bits per heavy atom. The first kappa shape index (κ1) is 12.0. The quantitative estimate of drug-likeness (QED) is 0.868. The Kier molecular flexibility index (Phi) is 3.09. The molecule has 1 N–H and O–H groups in total. The molecule has 0 saturated carbocycles. The van der Waals surface area contributed by atoms with Crippen LogP contribution in [0, 0.1) is 13.8 Å². The second kappa shape index (κ2) is 4.10. The molecule has 2 heterocycles. The van der Waals surface area contributed by atoms with Crippen LogP contribution in [0.5, 0.6) is 0 Å². The van der Waals surface area contributed by atoms with Gasteiger partial charge in [-0.1, -0.05) is 0 Å². The van der Waals surface area contributed by atoms with Crippen LogP contribution in [0.15, 0.2) is 11.0 Å². The van der Waals surface area contributed by atoms with Crippen LogP contribution in [0.2, 0.25) is 0 Å². The SMILES string of the molecule is Cc1cc(S(=O)(=O)N2CC[C@@H](O)C2)c(C)s1. The standard InChI is InChI=1S/C10H15NO3S2/c1-7-5-10(8(2)15-7)16(13,14)11-4-3-9(12)6-11/h5,9,12H,3-4,6H2,1-2H3/t9-/m1/s1. The molecule has 1 aromatic rings. The van der Waals surface area contributed by atoms with E-state index in [2.05, 4.69) is 0 Å². The number of hydrogen-bond donors (Lipinski definition) is 1. The third kappa shape index (κ3) is 2.02. The third-order valence-corrected chi connectivity index (χ3v) is 5.83. The summed E-state index contributed by atoms with van der Waals surface area (Å²) in [5.41, 5.74) is 0. The van der Waals surface area contributed by atoms with Crippen LogP contribution >= 0.6 is 11.3 Å². The second-order valence-electron chi connectivity index (χ2n) is 4.08. The Morgan fingerprint density at radius 2 is 2.19 bits per heavy atom. The molecule has 16 heavy (non-hydrogen) atoms. The van der Waals surface area contributed by atoms with Crippen molar-refractivity contribution in [1.29, 1.82) is 0 Å². The Bertz CT molecular complexity index is 492. The van der Waals surface area contributed by atoms with Gasteiger partial charge in [-0.25, -0.2) is 8.42 Å². The molecule has 0 unspecified atom stereocenters. The lowest BCUT2D eigenvalue weighted by Gasteiger charge is -2.15. The van der Waals surface area contributed by atoms with Crippen molar-refractivity contribution in [2.45, 2.75) is 31.3 Å². The first-order chi connectivity index (χ1) is 7.41. The van der Waals surface area contributed by atoms with Gasteiger partial charge in [-0.05, 0) is 26.3 Å². The third-order valence-electron chi connectivity index (χ3n) is 2.74. The zero-order valence-electron chi connectivity index (χ0n) is 9.30. The van der Waals surface area contributed by atoms with Gasteiger partial charge in [0, 0.05) is 22.8 Å². The lowest BCUT2D eigenvalue weighted by atomic mass is 10.3. The topological polar surface area (TPSA) is 57.6 Å². The van der Waals surface area contributed by atoms with Gasteiger partial charge in [0.2, 0.25) is 10.0 Å². The molecule has 1 fully saturated rings. The van der Waals surface area contributed by atoms with Crippen molar-refractivity contribution in [3.8, 4) is 0 Å². The van der Waals surface area contributed by atoms with E-state index < -0.39 is 16.1 Å². The first-order valence-electron chi connectivity index (χ1n) is 5.16. The molecule has 0 aromatic carbocycles. The van der Waals surface area contributed by atoms with Crippen LogP contribution in [0.25, 0.3) is 0 Å². The number of hydrogen-bond acceptors (Lipinski definition) is 4. The van der Waals surface area contributed by atoms with E-state index in [0.29, 0.717) is 17.9 Å². The van der Waals surface area contributed by atoms with Crippen molar-refractivity contribution in [3.05, 3.63) is 15.8 Å². The zero-order chi connectivity index (χ0) is 11.9. The molecule has 0 bridgehead atoms. The minimum absolute atomic E-state index is 0.219. The van der Waals surface area contributed by atoms with E-state index in [1.165, 1.54) is 15.6 Å². The molecule has 1 saturated heterocycles.